The van der Waals surface area contributed by atoms with Crippen molar-refractivity contribution in [1.82, 2.24) is 4.72 Å². The lowest BCUT2D eigenvalue weighted by Gasteiger charge is -2.19. The lowest BCUT2D eigenvalue weighted by atomic mass is 10.1. The van der Waals surface area contributed by atoms with E-state index in [-0.39, 0.29) is 23.8 Å². The van der Waals surface area contributed by atoms with Crippen LogP contribution in [-0.2, 0) is 14.8 Å². The highest BCUT2D eigenvalue weighted by Crippen LogP contribution is 2.32. The van der Waals surface area contributed by atoms with Gasteiger partial charge in [-0.3, -0.25) is 4.79 Å². The van der Waals surface area contributed by atoms with Gasteiger partial charge in [0.25, 0.3) is 0 Å². The molecule has 0 saturated carbocycles. The van der Waals surface area contributed by atoms with Crippen LogP contribution in [0.3, 0.4) is 0 Å². The molecule has 0 spiro atoms. The summed E-state index contributed by atoms with van der Waals surface area (Å²) in [4.78, 5) is 10.6. The molecule has 1 atom stereocenters. The fourth-order valence-electron chi connectivity index (χ4n) is 1.90. The van der Waals surface area contributed by atoms with Crippen molar-refractivity contribution in [2.24, 2.45) is 5.92 Å². The maximum absolute atomic E-state index is 12.2. The Labute approximate surface area is 122 Å². The van der Waals surface area contributed by atoms with Crippen LogP contribution in [0.2, 0.25) is 0 Å². The zero-order valence-corrected chi connectivity index (χ0v) is 12.4. The molecule has 0 amide bonds. The summed E-state index contributed by atoms with van der Waals surface area (Å²) in [7, 11) is -3.70. The van der Waals surface area contributed by atoms with Gasteiger partial charge in [-0.05, 0) is 18.1 Å². The topological polar surface area (TPSA) is 102 Å². The van der Waals surface area contributed by atoms with Crippen molar-refractivity contribution in [1.29, 1.82) is 0 Å². The Morgan fingerprint density at radius 1 is 1.33 bits per heavy atom. The van der Waals surface area contributed by atoms with Crippen molar-refractivity contribution in [2.75, 3.05) is 19.8 Å². The molecule has 7 nitrogen and oxygen atoms in total. The quantitative estimate of drug-likeness (QED) is 0.807. The predicted octanol–water partition coefficient (Wildman–Crippen LogP) is 0.847. The van der Waals surface area contributed by atoms with Crippen LogP contribution in [0.4, 0.5) is 0 Å². The minimum atomic E-state index is -3.70. The zero-order chi connectivity index (χ0) is 15.5. The molecule has 1 aromatic rings. The molecule has 2 rings (SSSR count). The second-order valence-corrected chi connectivity index (χ2v) is 6.63. The number of benzene rings is 1. The molecule has 0 aromatic heterocycles. The van der Waals surface area contributed by atoms with Crippen LogP contribution in [0, 0.1) is 5.92 Å². The molecule has 0 saturated heterocycles. The Balaban J connectivity index is 2.07. The fraction of sp³-hybridized carbons (Fsp3) is 0.462. The molecular formula is C13H17NO6S. The minimum Gasteiger partial charge on any atom is -0.486 e. The standard InChI is InChI=1S/C13H17NO6S/c1-9(6-13(15)16)8-14-21(17,18)10-2-3-11-12(7-10)20-5-4-19-11/h2-3,7,9,14H,4-6,8H2,1H3,(H,15,16). The summed E-state index contributed by atoms with van der Waals surface area (Å²) in [5.74, 6) is -0.349. The summed E-state index contributed by atoms with van der Waals surface area (Å²) in [5, 5.41) is 8.66. The van der Waals surface area contributed by atoms with Crippen LogP contribution in [0.1, 0.15) is 13.3 Å². The molecule has 8 heteroatoms. The molecule has 0 radical (unpaired) electrons. The van der Waals surface area contributed by atoms with Gasteiger partial charge >= 0.3 is 5.97 Å². The lowest BCUT2D eigenvalue weighted by Crippen LogP contribution is -2.29. The average Bonchev–Trinajstić information content (AvgIpc) is 2.44. The van der Waals surface area contributed by atoms with Crippen LogP contribution in [0.5, 0.6) is 11.5 Å². The number of ether oxygens (including phenoxy) is 2. The van der Waals surface area contributed by atoms with Gasteiger partial charge in [0.15, 0.2) is 11.5 Å². The number of nitrogens with one attached hydrogen (secondary N) is 1. The molecule has 0 aliphatic carbocycles. The van der Waals surface area contributed by atoms with Gasteiger partial charge in [0.05, 0.1) is 4.90 Å². The first-order valence-electron chi connectivity index (χ1n) is 6.49. The molecular weight excluding hydrogens is 298 g/mol. The van der Waals surface area contributed by atoms with E-state index in [1.165, 1.54) is 12.1 Å². The van der Waals surface area contributed by atoms with Crippen LogP contribution in [0.15, 0.2) is 23.1 Å². The van der Waals surface area contributed by atoms with Crippen LogP contribution < -0.4 is 14.2 Å². The highest BCUT2D eigenvalue weighted by Gasteiger charge is 2.20. The van der Waals surface area contributed by atoms with Crippen LogP contribution in [-0.4, -0.2) is 39.3 Å². The second-order valence-electron chi connectivity index (χ2n) is 4.86. The van der Waals surface area contributed by atoms with Crippen molar-refractivity contribution in [2.45, 2.75) is 18.2 Å². The summed E-state index contributed by atoms with van der Waals surface area (Å²) < 4.78 is 37.4. The first-order valence-corrected chi connectivity index (χ1v) is 7.98. The number of rotatable bonds is 6. The first kappa shape index (κ1) is 15.6. The maximum atomic E-state index is 12.2. The molecule has 1 aliphatic rings. The van der Waals surface area contributed by atoms with Gasteiger partial charge in [0.1, 0.15) is 13.2 Å². The molecule has 1 aromatic carbocycles. The van der Waals surface area contributed by atoms with E-state index in [4.69, 9.17) is 14.6 Å². The molecule has 21 heavy (non-hydrogen) atoms. The van der Waals surface area contributed by atoms with Gasteiger partial charge in [-0.25, -0.2) is 13.1 Å². The Kier molecular flexibility index (Phi) is 4.69. The summed E-state index contributed by atoms with van der Waals surface area (Å²) in [6.45, 7) is 2.53. The van der Waals surface area contributed by atoms with Crippen molar-refractivity contribution in [3.63, 3.8) is 0 Å². The molecule has 0 bridgehead atoms. The average molecular weight is 315 g/mol. The van der Waals surface area contributed by atoms with Gasteiger partial charge in [-0.1, -0.05) is 6.92 Å². The third-order valence-corrected chi connectivity index (χ3v) is 4.39. The van der Waals surface area contributed by atoms with Gasteiger partial charge in [0, 0.05) is 19.0 Å². The van der Waals surface area contributed by atoms with E-state index in [2.05, 4.69) is 4.72 Å². The summed E-state index contributed by atoms with van der Waals surface area (Å²) in [5.41, 5.74) is 0. The van der Waals surface area contributed by atoms with Gasteiger partial charge in [-0.15, -0.1) is 0 Å². The first-order chi connectivity index (χ1) is 9.88. The number of hydrogen-bond donors (Lipinski definition) is 2. The summed E-state index contributed by atoms with van der Waals surface area (Å²) >= 11 is 0. The second kappa shape index (κ2) is 6.31. The van der Waals surface area contributed by atoms with E-state index in [1.807, 2.05) is 0 Å². The normalized spacial score (nSPS) is 15.5. The van der Waals surface area contributed by atoms with Crippen LogP contribution in [0.25, 0.3) is 0 Å². The molecule has 116 valence electrons. The smallest absolute Gasteiger partial charge is 0.303 e. The number of aliphatic carboxylic acids is 1. The predicted molar refractivity (Wildman–Crippen MR) is 74.0 cm³/mol. The third kappa shape index (κ3) is 4.08. The van der Waals surface area contributed by atoms with Crippen molar-refractivity contribution >= 4 is 16.0 Å². The van der Waals surface area contributed by atoms with E-state index in [9.17, 15) is 13.2 Å². The van der Waals surface area contributed by atoms with E-state index in [0.29, 0.717) is 24.7 Å². The number of hydrogen-bond acceptors (Lipinski definition) is 5. The van der Waals surface area contributed by atoms with Gasteiger partial charge < -0.3 is 14.6 Å². The van der Waals surface area contributed by atoms with E-state index < -0.39 is 16.0 Å². The van der Waals surface area contributed by atoms with Gasteiger partial charge in [-0.2, -0.15) is 0 Å². The zero-order valence-electron chi connectivity index (χ0n) is 11.5. The SMILES string of the molecule is CC(CNS(=O)(=O)c1ccc2c(c1)OCCO2)CC(=O)O. The third-order valence-electron chi connectivity index (χ3n) is 2.97. The Hall–Kier alpha value is -1.80. The summed E-state index contributed by atoms with van der Waals surface area (Å²) in [6, 6.07) is 4.38. The molecule has 2 N–H and O–H groups in total. The van der Waals surface area contributed by atoms with Crippen molar-refractivity contribution in [3.05, 3.63) is 18.2 Å². The Morgan fingerprint density at radius 3 is 2.67 bits per heavy atom. The maximum Gasteiger partial charge on any atom is 0.303 e. The molecule has 1 aliphatic heterocycles. The van der Waals surface area contributed by atoms with Crippen LogP contribution >= 0.6 is 0 Å². The number of carboxylic acids is 1. The highest BCUT2D eigenvalue weighted by molar-refractivity contribution is 7.89. The van der Waals surface area contributed by atoms with E-state index in [0.717, 1.165) is 0 Å². The Morgan fingerprint density at radius 2 is 2.00 bits per heavy atom. The monoisotopic (exact) mass is 315 g/mol. The number of sulfonamides is 1. The minimum absolute atomic E-state index is 0.0586. The highest BCUT2D eigenvalue weighted by atomic mass is 32.2. The summed E-state index contributed by atoms with van der Waals surface area (Å²) in [6.07, 6.45) is -0.0936. The van der Waals surface area contributed by atoms with Crippen molar-refractivity contribution < 1.29 is 27.8 Å². The molecule has 1 unspecified atom stereocenters. The number of fused-ring (bicyclic) bond motifs is 1. The van der Waals surface area contributed by atoms with E-state index in [1.54, 1.807) is 13.0 Å². The largest absolute Gasteiger partial charge is 0.486 e. The number of carbonyl (C=O) groups is 1. The van der Waals surface area contributed by atoms with Gasteiger partial charge in [0.2, 0.25) is 10.0 Å². The Bertz CT molecular complexity index is 628. The van der Waals surface area contributed by atoms with E-state index >= 15 is 0 Å². The molecule has 0 fully saturated rings. The molecule has 1 heterocycles. The fourth-order valence-corrected chi connectivity index (χ4v) is 3.08. The number of carboxylic acid groups (broad SMARTS) is 1. The lowest BCUT2D eigenvalue weighted by molar-refractivity contribution is -0.137. The van der Waals surface area contributed by atoms with Crippen molar-refractivity contribution in [3.8, 4) is 11.5 Å².